The van der Waals surface area contributed by atoms with E-state index in [0.717, 1.165) is 24.0 Å². The van der Waals surface area contributed by atoms with E-state index in [1.54, 1.807) is 18.5 Å². The van der Waals surface area contributed by atoms with Crippen LogP contribution in [-0.2, 0) is 6.54 Å². The summed E-state index contributed by atoms with van der Waals surface area (Å²) in [5, 5.41) is 2.84. The lowest BCUT2D eigenvalue weighted by Crippen LogP contribution is -2.25. The molecule has 0 spiro atoms. The summed E-state index contributed by atoms with van der Waals surface area (Å²) in [4.78, 5) is 16.8. The van der Waals surface area contributed by atoms with Crippen molar-refractivity contribution in [2.75, 3.05) is 6.54 Å². The van der Waals surface area contributed by atoms with Gasteiger partial charge in [-0.3, -0.25) is 4.79 Å². The number of alkyl halides is 2. The smallest absolute Gasteiger partial charge is 0.288 e. The molecule has 0 unspecified atom stereocenters. The van der Waals surface area contributed by atoms with Gasteiger partial charge in [-0.25, -0.2) is 4.98 Å². The molecular weight excluding hydrogens is 344 g/mol. The van der Waals surface area contributed by atoms with Gasteiger partial charge in [0.25, 0.3) is 11.7 Å². The SMILES string of the molecule is O=C(NCCCn1cnc2ccccc21)c1ccc(SC(F)F)cc1. The summed E-state index contributed by atoms with van der Waals surface area (Å²) >= 11 is 0.466. The van der Waals surface area contributed by atoms with Gasteiger partial charge in [-0.1, -0.05) is 23.9 Å². The Bertz CT molecular complexity index is 849. The van der Waals surface area contributed by atoms with Crippen LogP contribution < -0.4 is 5.32 Å². The molecule has 0 aliphatic rings. The Morgan fingerprint density at radius 1 is 1.16 bits per heavy atom. The number of hydrogen-bond acceptors (Lipinski definition) is 3. The molecule has 7 heteroatoms. The number of carbonyl (C=O) groups excluding carboxylic acids is 1. The van der Waals surface area contributed by atoms with Gasteiger partial charge in [0, 0.05) is 23.5 Å². The normalized spacial score (nSPS) is 11.2. The van der Waals surface area contributed by atoms with Crippen molar-refractivity contribution in [3.05, 3.63) is 60.4 Å². The highest BCUT2D eigenvalue weighted by Crippen LogP contribution is 2.25. The van der Waals surface area contributed by atoms with Gasteiger partial charge in [0.05, 0.1) is 17.4 Å². The van der Waals surface area contributed by atoms with Crippen LogP contribution in [0.25, 0.3) is 11.0 Å². The molecule has 1 N–H and O–H groups in total. The number of nitrogens with zero attached hydrogens (tertiary/aromatic N) is 2. The third kappa shape index (κ3) is 4.57. The van der Waals surface area contributed by atoms with Gasteiger partial charge < -0.3 is 9.88 Å². The molecule has 1 amide bonds. The van der Waals surface area contributed by atoms with E-state index in [1.165, 1.54) is 12.1 Å². The van der Waals surface area contributed by atoms with E-state index in [1.807, 2.05) is 24.3 Å². The number of carbonyl (C=O) groups is 1. The van der Waals surface area contributed by atoms with Gasteiger partial charge >= 0.3 is 0 Å². The lowest BCUT2D eigenvalue weighted by atomic mass is 10.2. The van der Waals surface area contributed by atoms with E-state index in [2.05, 4.69) is 14.9 Å². The second kappa shape index (κ2) is 8.11. The molecule has 2 aromatic carbocycles. The van der Waals surface area contributed by atoms with Crippen molar-refractivity contribution in [2.45, 2.75) is 23.6 Å². The second-order valence-electron chi connectivity index (χ2n) is 5.44. The Kier molecular flexibility index (Phi) is 5.65. The van der Waals surface area contributed by atoms with Gasteiger partial charge in [0.1, 0.15) is 0 Å². The zero-order valence-electron chi connectivity index (χ0n) is 13.4. The molecule has 0 atom stereocenters. The topological polar surface area (TPSA) is 46.9 Å². The molecule has 3 aromatic rings. The van der Waals surface area contributed by atoms with Crippen LogP contribution in [0.3, 0.4) is 0 Å². The predicted octanol–water partition coefficient (Wildman–Crippen LogP) is 4.17. The Balaban J connectivity index is 1.48. The fourth-order valence-corrected chi connectivity index (χ4v) is 3.03. The molecule has 0 saturated heterocycles. The number of nitrogens with one attached hydrogen (secondary N) is 1. The minimum atomic E-state index is -2.46. The first-order chi connectivity index (χ1) is 12.1. The maximum absolute atomic E-state index is 12.3. The molecule has 1 heterocycles. The number of halogens is 2. The standard InChI is InChI=1S/C18H17F2N3OS/c19-18(20)25-14-8-6-13(7-9-14)17(24)21-10-3-11-23-12-22-15-4-1-2-5-16(15)23/h1-2,4-9,12,18H,3,10-11H2,(H,21,24). The predicted molar refractivity (Wildman–Crippen MR) is 95.0 cm³/mol. The van der Waals surface area contributed by atoms with Crippen molar-refractivity contribution < 1.29 is 13.6 Å². The average molecular weight is 361 g/mol. The van der Waals surface area contributed by atoms with Crippen LogP contribution >= 0.6 is 11.8 Å². The van der Waals surface area contributed by atoms with Crippen LogP contribution in [0.1, 0.15) is 16.8 Å². The minimum absolute atomic E-state index is 0.205. The number of imidazole rings is 1. The number of aromatic nitrogens is 2. The van der Waals surface area contributed by atoms with Crippen LogP contribution in [0.4, 0.5) is 8.78 Å². The van der Waals surface area contributed by atoms with Crippen LogP contribution in [0.15, 0.2) is 59.8 Å². The van der Waals surface area contributed by atoms with Gasteiger partial charge in [-0.05, 0) is 42.8 Å². The van der Waals surface area contributed by atoms with Crippen LogP contribution in [0, 0.1) is 0 Å². The zero-order chi connectivity index (χ0) is 17.6. The largest absolute Gasteiger partial charge is 0.352 e. The minimum Gasteiger partial charge on any atom is -0.352 e. The number of fused-ring (bicyclic) bond motifs is 1. The molecule has 0 fully saturated rings. The van der Waals surface area contributed by atoms with E-state index < -0.39 is 5.76 Å². The summed E-state index contributed by atoms with van der Waals surface area (Å²) in [6.07, 6.45) is 2.57. The van der Waals surface area contributed by atoms with Crippen LogP contribution in [0.2, 0.25) is 0 Å². The highest BCUT2D eigenvalue weighted by Gasteiger charge is 2.08. The zero-order valence-corrected chi connectivity index (χ0v) is 14.2. The number of rotatable bonds is 7. The van der Waals surface area contributed by atoms with Crippen LogP contribution in [-0.4, -0.2) is 27.8 Å². The number of benzene rings is 2. The highest BCUT2D eigenvalue weighted by atomic mass is 32.2. The molecule has 1 aromatic heterocycles. The van der Waals surface area contributed by atoms with Gasteiger partial charge in [-0.15, -0.1) is 0 Å². The number of thioether (sulfide) groups is 1. The fraction of sp³-hybridized carbons (Fsp3) is 0.222. The summed E-state index contributed by atoms with van der Waals surface area (Å²) in [5.74, 6) is -2.66. The lowest BCUT2D eigenvalue weighted by Gasteiger charge is -2.07. The summed E-state index contributed by atoms with van der Waals surface area (Å²) < 4.78 is 26.6. The molecule has 4 nitrogen and oxygen atoms in total. The molecule has 130 valence electrons. The number of hydrogen-bond donors (Lipinski definition) is 1. The molecule has 0 bridgehead atoms. The first-order valence-electron chi connectivity index (χ1n) is 7.86. The van der Waals surface area contributed by atoms with Crippen molar-refractivity contribution >= 4 is 28.7 Å². The molecular formula is C18H17F2N3OS. The lowest BCUT2D eigenvalue weighted by molar-refractivity contribution is 0.0952. The van der Waals surface area contributed by atoms with E-state index in [4.69, 9.17) is 0 Å². The van der Waals surface area contributed by atoms with E-state index in [9.17, 15) is 13.6 Å². The van der Waals surface area contributed by atoms with Crippen molar-refractivity contribution in [2.24, 2.45) is 0 Å². The third-order valence-corrected chi connectivity index (χ3v) is 4.45. The third-order valence-electron chi connectivity index (χ3n) is 3.73. The monoisotopic (exact) mass is 361 g/mol. The Hall–Kier alpha value is -2.41. The van der Waals surface area contributed by atoms with Gasteiger partial charge in [0.2, 0.25) is 0 Å². The van der Waals surface area contributed by atoms with Crippen LogP contribution in [0.5, 0.6) is 0 Å². The molecule has 3 rings (SSSR count). The van der Waals surface area contributed by atoms with Crippen molar-refractivity contribution in [3.8, 4) is 0 Å². The van der Waals surface area contributed by atoms with Gasteiger partial charge in [0.15, 0.2) is 0 Å². The molecule has 0 saturated carbocycles. The van der Waals surface area contributed by atoms with Crippen molar-refractivity contribution in [1.29, 1.82) is 0 Å². The summed E-state index contributed by atoms with van der Waals surface area (Å²) in [6, 6.07) is 14.1. The maximum atomic E-state index is 12.3. The summed E-state index contributed by atoms with van der Waals surface area (Å²) in [6.45, 7) is 1.28. The van der Waals surface area contributed by atoms with E-state index in [0.29, 0.717) is 28.8 Å². The average Bonchev–Trinajstić information content (AvgIpc) is 3.02. The fourth-order valence-electron chi connectivity index (χ4n) is 2.53. The molecule has 0 aliphatic carbocycles. The maximum Gasteiger partial charge on any atom is 0.288 e. The first kappa shape index (κ1) is 17.4. The van der Waals surface area contributed by atoms with Crippen molar-refractivity contribution in [1.82, 2.24) is 14.9 Å². The number of amides is 1. The van der Waals surface area contributed by atoms with Gasteiger partial charge in [-0.2, -0.15) is 8.78 Å². The number of para-hydroxylation sites is 2. The quantitative estimate of drug-likeness (QED) is 0.507. The molecule has 0 aliphatic heterocycles. The van der Waals surface area contributed by atoms with E-state index >= 15 is 0 Å². The Labute approximate surface area is 148 Å². The summed E-state index contributed by atoms with van der Waals surface area (Å²) in [5.41, 5.74) is 2.49. The Morgan fingerprint density at radius 3 is 2.68 bits per heavy atom. The number of aryl methyl sites for hydroxylation is 1. The first-order valence-corrected chi connectivity index (χ1v) is 8.74. The van der Waals surface area contributed by atoms with E-state index in [-0.39, 0.29) is 5.91 Å². The second-order valence-corrected chi connectivity index (χ2v) is 6.50. The molecule has 0 radical (unpaired) electrons. The highest BCUT2D eigenvalue weighted by molar-refractivity contribution is 7.99. The van der Waals surface area contributed by atoms with Crippen molar-refractivity contribution in [3.63, 3.8) is 0 Å². The molecule has 25 heavy (non-hydrogen) atoms. The summed E-state index contributed by atoms with van der Waals surface area (Å²) in [7, 11) is 0. The Morgan fingerprint density at radius 2 is 1.92 bits per heavy atom.